The van der Waals surface area contributed by atoms with Crippen LogP contribution in [0.2, 0.25) is 0 Å². The lowest BCUT2D eigenvalue weighted by atomic mass is 9.88. The molecule has 6 heteroatoms. The maximum Gasteiger partial charge on any atom is 0.227 e. The van der Waals surface area contributed by atoms with Gasteiger partial charge in [0.15, 0.2) is 5.76 Å². The molecule has 0 spiro atoms. The van der Waals surface area contributed by atoms with Crippen molar-refractivity contribution in [3.8, 4) is 5.75 Å². The third-order valence-electron chi connectivity index (χ3n) is 3.97. The zero-order chi connectivity index (χ0) is 16.3. The van der Waals surface area contributed by atoms with E-state index in [9.17, 15) is 14.7 Å². The third kappa shape index (κ3) is 3.68. The number of carbonyl (C=O) groups excluding carboxylic acids is 1. The zero-order valence-corrected chi connectivity index (χ0v) is 13.3. The maximum atomic E-state index is 12.4. The van der Waals surface area contributed by atoms with E-state index in [0.29, 0.717) is 32.1 Å². The van der Waals surface area contributed by atoms with Crippen molar-refractivity contribution in [3.63, 3.8) is 0 Å². The average Bonchev–Trinajstić information content (AvgIpc) is 2.49. The van der Waals surface area contributed by atoms with Crippen molar-refractivity contribution in [1.82, 2.24) is 4.90 Å². The summed E-state index contributed by atoms with van der Waals surface area (Å²) >= 11 is 0. The highest BCUT2D eigenvalue weighted by Crippen LogP contribution is 2.33. The van der Waals surface area contributed by atoms with E-state index in [1.165, 1.54) is 6.07 Å². The van der Waals surface area contributed by atoms with Gasteiger partial charge in [-0.2, -0.15) is 0 Å². The molecule has 2 heterocycles. The van der Waals surface area contributed by atoms with Gasteiger partial charge in [-0.25, -0.2) is 0 Å². The molecule has 1 atom stereocenters. The van der Waals surface area contributed by atoms with E-state index in [4.69, 9.17) is 9.15 Å². The number of amides is 1. The van der Waals surface area contributed by atoms with Gasteiger partial charge in [0.1, 0.15) is 5.76 Å². The Bertz CT molecular complexity index is 587. The average molecular weight is 309 g/mol. The van der Waals surface area contributed by atoms with E-state index in [-0.39, 0.29) is 35.7 Å². The van der Waals surface area contributed by atoms with Gasteiger partial charge in [-0.3, -0.25) is 9.59 Å². The van der Waals surface area contributed by atoms with Crippen molar-refractivity contribution in [3.05, 3.63) is 27.8 Å². The lowest BCUT2D eigenvalue weighted by Gasteiger charge is -2.29. The summed E-state index contributed by atoms with van der Waals surface area (Å²) in [6.07, 6.45) is 0.206. The molecular weight excluding hydrogens is 286 g/mol. The van der Waals surface area contributed by atoms with Gasteiger partial charge in [-0.15, -0.1) is 0 Å². The fraction of sp³-hybridized carbons (Fsp3) is 0.625. The number of carbonyl (C=O) groups is 1. The molecule has 1 aliphatic heterocycles. The number of aryl methyl sites for hydroxylation is 1. The van der Waals surface area contributed by atoms with Gasteiger partial charge in [-0.1, -0.05) is 13.8 Å². The SMILES string of the molecule is Cc1cc(=O)c(O)c([C@H](CC(=O)N2CCOCC2)C(C)C)o1. The van der Waals surface area contributed by atoms with E-state index < -0.39 is 5.43 Å². The maximum absolute atomic E-state index is 12.4. The van der Waals surface area contributed by atoms with Crippen molar-refractivity contribution in [2.24, 2.45) is 5.92 Å². The second-order valence-electron chi connectivity index (χ2n) is 5.98. The van der Waals surface area contributed by atoms with Crippen LogP contribution in [0.1, 0.15) is 37.7 Å². The molecule has 0 aliphatic carbocycles. The first-order chi connectivity index (χ1) is 10.4. The Morgan fingerprint density at radius 2 is 2.00 bits per heavy atom. The molecule has 6 nitrogen and oxygen atoms in total. The van der Waals surface area contributed by atoms with Crippen LogP contribution in [-0.4, -0.2) is 42.2 Å². The summed E-state index contributed by atoms with van der Waals surface area (Å²) < 4.78 is 10.8. The molecule has 122 valence electrons. The quantitative estimate of drug-likeness (QED) is 0.914. The molecule has 0 radical (unpaired) electrons. The molecule has 0 saturated carbocycles. The summed E-state index contributed by atoms with van der Waals surface area (Å²) in [6, 6.07) is 1.25. The van der Waals surface area contributed by atoms with Crippen LogP contribution in [0.15, 0.2) is 15.3 Å². The fourth-order valence-corrected chi connectivity index (χ4v) is 2.64. The van der Waals surface area contributed by atoms with Crippen LogP contribution in [0, 0.1) is 12.8 Å². The number of morpholine rings is 1. The molecule has 1 aliphatic rings. The molecule has 1 aromatic rings. The second-order valence-corrected chi connectivity index (χ2v) is 5.98. The largest absolute Gasteiger partial charge is 0.502 e. The van der Waals surface area contributed by atoms with E-state index >= 15 is 0 Å². The molecule has 0 aromatic carbocycles. The normalized spacial score (nSPS) is 16.8. The van der Waals surface area contributed by atoms with Gasteiger partial charge in [0.2, 0.25) is 17.1 Å². The van der Waals surface area contributed by atoms with E-state index in [1.54, 1.807) is 11.8 Å². The number of hydrogen-bond donors (Lipinski definition) is 1. The van der Waals surface area contributed by atoms with Crippen LogP contribution >= 0.6 is 0 Å². The zero-order valence-electron chi connectivity index (χ0n) is 13.3. The lowest BCUT2D eigenvalue weighted by molar-refractivity contribution is -0.136. The highest BCUT2D eigenvalue weighted by molar-refractivity contribution is 5.77. The monoisotopic (exact) mass is 309 g/mol. The van der Waals surface area contributed by atoms with Gasteiger partial charge in [-0.05, 0) is 12.8 Å². The van der Waals surface area contributed by atoms with Crippen LogP contribution < -0.4 is 5.43 Å². The Morgan fingerprint density at radius 1 is 1.36 bits per heavy atom. The number of aromatic hydroxyl groups is 1. The van der Waals surface area contributed by atoms with Crippen LogP contribution in [0.25, 0.3) is 0 Å². The minimum absolute atomic E-state index is 0.00875. The standard InChI is InChI=1S/C16H23NO5/c1-10(2)12(9-14(19)17-4-6-21-7-5-17)16-15(20)13(18)8-11(3)22-16/h8,10,12,20H,4-7,9H2,1-3H3/t12-/m1/s1. The first-order valence-corrected chi connectivity index (χ1v) is 7.59. The second kappa shape index (κ2) is 6.96. The number of ether oxygens (including phenoxy) is 1. The summed E-state index contributed by atoms with van der Waals surface area (Å²) in [7, 11) is 0. The molecule has 1 N–H and O–H groups in total. The number of hydrogen-bond acceptors (Lipinski definition) is 5. The van der Waals surface area contributed by atoms with Gasteiger partial charge in [0.25, 0.3) is 0 Å². The van der Waals surface area contributed by atoms with Crippen molar-refractivity contribution in [1.29, 1.82) is 0 Å². The summed E-state index contributed by atoms with van der Waals surface area (Å²) in [5.41, 5.74) is -0.469. The van der Waals surface area contributed by atoms with E-state index in [2.05, 4.69) is 0 Å². The first-order valence-electron chi connectivity index (χ1n) is 7.59. The molecule has 0 bridgehead atoms. The molecule has 1 saturated heterocycles. The van der Waals surface area contributed by atoms with Crippen LogP contribution in [0.3, 0.4) is 0 Å². The molecule has 0 unspecified atom stereocenters. The number of rotatable bonds is 4. The third-order valence-corrected chi connectivity index (χ3v) is 3.97. The summed E-state index contributed by atoms with van der Waals surface area (Å²) in [6.45, 7) is 7.79. The van der Waals surface area contributed by atoms with Gasteiger partial charge >= 0.3 is 0 Å². The highest BCUT2D eigenvalue weighted by atomic mass is 16.5. The minimum atomic E-state index is -0.469. The summed E-state index contributed by atoms with van der Waals surface area (Å²) in [5, 5.41) is 10.0. The molecular formula is C16H23NO5. The van der Waals surface area contributed by atoms with Crippen molar-refractivity contribution in [2.45, 2.75) is 33.1 Å². The molecule has 1 aromatic heterocycles. The molecule has 22 heavy (non-hydrogen) atoms. The summed E-state index contributed by atoms with van der Waals surface area (Å²) in [4.78, 5) is 25.9. The predicted octanol–water partition coefficient (Wildman–Crippen LogP) is 1.64. The highest BCUT2D eigenvalue weighted by Gasteiger charge is 2.29. The van der Waals surface area contributed by atoms with Crippen molar-refractivity contribution >= 4 is 5.91 Å². The predicted molar refractivity (Wildman–Crippen MR) is 81.0 cm³/mol. The van der Waals surface area contributed by atoms with Gasteiger partial charge in [0.05, 0.1) is 13.2 Å². The lowest BCUT2D eigenvalue weighted by Crippen LogP contribution is -2.41. The fourth-order valence-electron chi connectivity index (χ4n) is 2.64. The van der Waals surface area contributed by atoms with Crippen LogP contribution in [0.4, 0.5) is 0 Å². The summed E-state index contributed by atoms with van der Waals surface area (Å²) in [5.74, 6) is -0.0303. The molecule has 1 amide bonds. The Morgan fingerprint density at radius 3 is 2.59 bits per heavy atom. The first kappa shape index (κ1) is 16.5. The Balaban J connectivity index is 2.23. The smallest absolute Gasteiger partial charge is 0.227 e. The van der Waals surface area contributed by atoms with E-state index in [1.807, 2.05) is 13.8 Å². The molecule has 2 rings (SSSR count). The minimum Gasteiger partial charge on any atom is -0.502 e. The van der Waals surface area contributed by atoms with Crippen LogP contribution in [0.5, 0.6) is 5.75 Å². The Labute approximate surface area is 129 Å². The Hall–Kier alpha value is -1.82. The van der Waals surface area contributed by atoms with Crippen LogP contribution in [-0.2, 0) is 9.53 Å². The number of nitrogens with zero attached hydrogens (tertiary/aromatic N) is 1. The molecule has 1 fully saturated rings. The Kier molecular flexibility index (Phi) is 5.24. The van der Waals surface area contributed by atoms with E-state index in [0.717, 1.165) is 0 Å². The van der Waals surface area contributed by atoms with Gasteiger partial charge in [0, 0.05) is 31.5 Å². The van der Waals surface area contributed by atoms with Gasteiger partial charge < -0.3 is 19.2 Å². The topological polar surface area (TPSA) is 80.0 Å². The van der Waals surface area contributed by atoms with Crippen molar-refractivity contribution in [2.75, 3.05) is 26.3 Å². The van der Waals surface area contributed by atoms with Crippen molar-refractivity contribution < 1.29 is 19.1 Å².